The molecule has 1 aromatic carbocycles. The number of aromatic nitrogens is 3. The van der Waals surface area contributed by atoms with Crippen LogP contribution in [0.2, 0.25) is 0 Å². The van der Waals surface area contributed by atoms with Crippen molar-refractivity contribution in [2.45, 2.75) is 25.4 Å². The van der Waals surface area contributed by atoms with E-state index in [4.69, 9.17) is 16.2 Å². The van der Waals surface area contributed by atoms with Crippen molar-refractivity contribution in [2.75, 3.05) is 25.1 Å². The minimum atomic E-state index is 0.169. The number of likely N-dealkylation sites (tertiary alicyclic amines) is 1. The molecule has 0 radical (unpaired) electrons. The van der Waals surface area contributed by atoms with E-state index in [1.54, 1.807) is 7.11 Å². The normalized spacial score (nSPS) is 18.5. The minimum Gasteiger partial charge on any atom is -0.497 e. The van der Waals surface area contributed by atoms with Crippen molar-refractivity contribution in [3.05, 3.63) is 35.7 Å². The van der Waals surface area contributed by atoms with Crippen LogP contribution in [0.25, 0.3) is 0 Å². The minimum absolute atomic E-state index is 0.169. The molecular weight excluding hydrogens is 280 g/mol. The van der Waals surface area contributed by atoms with Crippen molar-refractivity contribution in [1.82, 2.24) is 19.9 Å². The van der Waals surface area contributed by atoms with Gasteiger partial charge in [-0.25, -0.2) is 0 Å². The SMILES string of the molecule is COc1ccc(C2CCCN2Cc2nc(N)nc(N)n2)cc1. The maximum Gasteiger partial charge on any atom is 0.225 e. The third-order valence-electron chi connectivity index (χ3n) is 3.93. The molecule has 0 saturated carbocycles. The molecule has 3 rings (SSSR count). The standard InChI is InChI=1S/C15H20N6O/c1-22-11-6-4-10(5-7-11)12-3-2-8-21(12)9-13-18-14(16)20-15(17)19-13/h4-7,12H,2-3,8-9H2,1H3,(H4,16,17,18,19,20). The summed E-state index contributed by atoms with van der Waals surface area (Å²) < 4.78 is 5.21. The fraction of sp³-hybridized carbons (Fsp3) is 0.400. The Labute approximate surface area is 129 Å². The van der Waals surface area contributed by atoms with Crippen LogP contribution in [0.5, 0.6) is 5.75 Å². The summed E-state index contributed by atoms with van der Waals surface area (Å²) in [6.07, 6.45) is 2.26. The van der Waals surface area contributed by atoms with Crippen LogP contribution in [0.1, 0.15) is 30.3 Å². The molecule has 1 aliphatic heterocycles. The number of anilines is 2. The topological polar surface area (TPSA) is 103 Å². The molecule has 1 fully saturated rings. The van der Waals surface area contributed by atoms with E-state index in [-0.39, 0.29) is 11.9 Å². The Bertz CT molecular complexity index is 625. The molecule has 22 heavy (non-hydrogen) atoms. The smallest absolute Gasteiger partial charge is 0.225 e. The highest BCUT2D eigenvalue weighted by Gasteiger charge is 2.26. The number of nitrogen functional groups attached to an aromatic ring is 2. The molecule has 0 spiro atoms. The second-order valence-electron chi connectivity index (χ2n) is 5.37. The van der Waals surface area contributed by atoms with Gasteiger partial charge in [-0.15, -0.1) is 0 Å². The van der Waals surface area contributed by atoms with Crippen molar-refractivity contribution in [3.8, 4) is 5.75 Å². The zero-order valence-corrected chi connectivity index (χ0v) is 12.6. The maximum absolute atomic E-state index is 5.64. The first kappa shape index (κ1) is 14.5. The molecule has 0 amide bonds. The van der Waals surface area contributed by atoms with E-state index in [9.17, 15) is 0 Å². The predicted molar refractivity (Wildman–Crippen MR) is 84.0 cm³/mol. The summed E-state index contributed by atoms with van der Waals surface area (Å²) in [6, 6.07) is 8.55. The lowest BCUT2D eigenvalue weighted by Crippen LogP contribution is -2.24. The monoisotopic (exact) mass is 300 g/mol. The van der Waals surface area contributed by atoms with Crippen LogP contribution < -0.4 is 16.2 Å². The van der Waals surface area contributed by atoms with Crippen molar-refractivity contribution in [1.29, 1.82) is 0 Å². The zero-order valence-electron chi connectivity index (χ0n) is 12.6. The van der Waals surface area contributed by atoms with E-state index >= 15 is 0 Å². The Balaban J connectivity index is 1.77. The number of rotatable bonds is 4. The van der Waals surface area contributed by atoms with Gasteiger partial charge in [-0.3, -0.25) is 4.90 Å². The molecule has 116 valence electrons. The molecule has 7 heteroatoms. The van der Waals surface area contributed by atoms with Gasteiger partial charge in [-0.2, -0.15) is 15.0 Å². The lowest BCUT2D eigenvalue weighted by molar-refractivity contribution is 0.242. The summed E-state index contributed by atoms with van der Waals surface area (Å²) in [5, 5.41) is 0. The average Bonchev–Trinajstić information content (AvgIpc) is 2.94. The number of nitrogens with zero attached hydrogens (tertiary/aromatic N) is 4. The molecule has 0 bridgehead atoms. The van der Waals surface area contributed by atoms with Gasteiger partial charge in [0.2, 0.25) is 11.9 Å². The summed E-state index contributed by atoms with van der Waals surface area (Å²) >= 11 is 0. The van der Waals surface area contributed by atoms with E-state index in [2.05, 4.69) is 32.0 Å². The molecular formula is C15H20N6O. The largest absolute Gasteiger partial charge is 0.497 e. The van der Waals surface area contributed by atoms with E-state index in [1.807, 2.05) is 12.1 Å². The molecule has 1 atom stereocenters. The molecule has 1 aliphatic rings. The Morgan fingerprint density at radius 2 is 1.82 bits per heavy atom. The molecule has 1 aromatic heterocycles. The molecule has 7 nitrogen and oxygen atoms in total. The predicted octanol–water partition coefficient (Wildman–Crippen LogP) is 1.38. The third-order valence-corrected chi connectivity index (χ3v) is 3.93. The molecule has 1 unspecified atom stereocenters. The average molecular weight is 300 g/mol. The van der Waals surface area contributed by atoms with E-state index in [0.717, 1.165) is 25.1 Å². The fourth-order valence-electron chi connectivity index (χ4n) is 2.93. The Hall–Kier alpha value is -2.41. The highest BCUT2D eigenvalue weighted by Crippen LogP contribution is 2.33. The van der Waals surface area contributed by atoms with Crippen LogP contribution in [0, 0.1) is 0 Å². The quantitative estimate of drug-likeness (QED) is 0.879. The zero-order chi connectivity index (χ0) is 15.5. The maximum atomic E-state index is 5.64. The van der Waals surface area contributed by atoms with Gasteiger partial charge < -0.3 is 16.2 Å². The van der Waals surface area contributed by atoms with Crippen LogP contribution in [0.3, 0.4) is 0 Å². The van der Waals surface area contributed by atoms with Crippen LogP contribution in [-0.2, 0) is 6.54 Å². The lowest BCUT2D eigenvalue weighted by Gasteiger charge is -2.24. The highest BCUT2D eigenvalue weighted by atomic mass is 16.5. The second kappa shape index (κ2) is 6.15. The van der Waals surface area contributed by atoms with E-state index in [0.29, 0.717) is 18.4 Å². The number of ether oxygens (including phenoxy) is 1. The van der Waals surface area contributed by atoms with Gasteiger partial charge in [0.1, 0.15) is 11.6 Å². The number of hydrogen-bond acceptors (Lipinski definition) is 7. The van der Waals surface area contributed by atoms with Gasteiger partial charge in [0.15, 0.2) is 0 Å². The Kier molecular flexibility index (Phi) is 4.06. The molecule has 4 N–H and O–H groups in total. The molecule has 1 saturated heterocycles. The van der Waals surface area contributed by atoms with Crippen LogP contribution >= 0.6 is 0 Å². The third kappa shape index (κ3) is 3.09. The van der Waals surface area contributed by atoms with Crippen molar-refractivity contribution >= 4 is 11.9 Å². The first-order valence-electron chi connectivity index (χ1n) is 7.29. The lowest BCUT2D eigenvalue weighted by atomic mass is 10.0. The van der Waals surface area contributed by atoms with Crippen molar-refractivity contribution < 1.29 is 4.74 Å². The van der Waals surface area contributed by atoms with Gasteiger partial charge >= 0.3 is 0 Å². The summed E-state index contributed by atoms with van der Waals surface area (Å²) in [4.78, 5) is 14.5. The van der Waals surface area contributed by atoms with Gasteiger partial charge in [-0.05, 0) is 37.1 Å². The van der Waals surface area contributed by atoms with Gasteiger partial charge in [0, 0.05) is 6.04 Å². The molecule has 0 aliphatic carbocycles. The molecule has 2 aromatic rings. The summed E-state index contributed by atoms with van der Waals surface area (Å²) in [6.45, 7) is 1.62. The number of hydrogen-bond donors (Lipinski definition) is 2. The first-order valence-corrected chi connectivity index (χ1v) is 7.29. The number of methoxy groups -OCH3 is 1. The van der Waals surface area contributed by atoms with Gasteiger partial charge in [-0.1, -0.05) is 12.1 Å². The van der Waals surface area contributed by atoms with Crippen LogP contribution in [0.4, 0.5) is 11.9 Å². The van der Waals surface area contributed by atoms with Crippen LogP contribution in [-0.4, -0.2) is 33.5 Å². The summed E-state index contributed by atoms with van der Waals surface area (Å²) in [5.41, 5.74) is 12.5. The number of benzene rings is 1. The first-order chi connectivity index (χ1) is 10.7. The van der Waals surface area contributed by atoms with Crippen molar-refractivity contribution in [3.63, 3.8) is 0 Å². The second-order valence-corrected chi connectivity index (χ2v) is 5.37. The van der Waals surface area contributed by atoms with Gasteiger partial charge in [0.25, 0.3) is 0 Å². The molecule has 2 heterocycles. The number of nitrogens with two attached hydrogens (primary N) is 2. The van der Waals surface area contributed by atoms with Crippen molar-refractivity contribution in [2.24, 2.45) is 0 Å². The Morgan fingerprint density at radius 3 is 2.45 bits per heavy atom. The summed E-state index contributed by atoms with van der Waals surface area (Å²) in [5.74, 6) is 1.82. The summed E-state index contributed by atoms with van der Waals surface area (Å²) in [7, 11) is 1.67. The van der Waals surface area contributed by atoms with E-state index in [1.165, 1.54) is 5.56 Å². The fourth-order valence-corrected chi connectivity index (χ4v) is 2.93. The highest BCUT2D eigenvalue weighted by molar-refractivity contribution is 5.30. The van der Waals surface area contributed by atoms with Crippen LogP contribution in [0.15, 0.2) is 24.3 Å². The van der Waals surface area contributed by atoms with Gasteiger partial charge in [0.05, 0.1) is 13.7 Å². The Morgan fingerprint density at radius 1 is 1.14 bits per heavy atom. The van der Waals surface area contributed by atoms with E-state index < -0.39 is 0 Å².